The first kappa shape index (κ1) is 16.7. The fourth-order valence-electron chi connectivity index (χ4n) is 2.15. The van der Waals surface area contributed by atoms with E-state index < -0.39 is 17.5 Å². The summed E-state index contributed by atoms with van der Waals surface area (Å²) in [5.74, 6) is -0.817. The number of fused-ring (bicyclic) bond motifs is 1. The van der Waals surface area contributed by atoms with E-state index in [-0.39, 0.29) is 11.3 Å². The van der Waals surface area contributed by atoms with Gasteiger partial charge >= 0.3 is 11.9 Å². The van der Waals surface area contributed by atoms with Crippen LogP contribution in [0.4, 0.5) is 0 Å². The van der Waals surface area contributed by atoms with Gasteiger partial charge in [-0.05, 0) is 55.3 Å². The molecule has 0 aromatic heterocycles. The number of ether oxygens (including phenoxy) is 2. The fourth-order valence-corrected chi connectivity index (χ4v) is 2.15. The van der Waals surface area contributed by atoms with Crippen LogP contribution in [0.15, 0.2) is 36.9 Å². The second-order valence-corrected chi connectivity index (χ2v) is 6.25. The fraction of sp³-hybridized carbons (Fsp3) is 0.263. The molecule has 0 N–H and O–H groups in total. The summed E-state index contributed by atoms with van der Waals surface area (Å²) in [5.41, 5.74) is 0.527. The third-order valence-corrected chi connectivity index (χ3v) is 3.07. The molecular weight excluding hydrogens is 292 g/mol. The van der Waals surface area contributed by atoms with Crippen LogP contribution >= 0.6 is 0 Å². The number of carbonyl (C=O) groups excluding carboxylic acids is 2. The van der Waals surface area contributed by atoms with E-state index in [1.807, 2.05) is 18.2 Å². The third kappa shape index (κ3) is 4.19. The molecule has 2 rings (SSSR count). The highest BCUT2D eigenvalue weighted by Gasteiger charge is 2.22. The molecule has 0 bridgehead atoms. The first-order valence-electron chi connectivity index (χ1n) is 7.31. The minimum Gasteiger partial charge on any atom is -0.456 e. The lowest BCUT2D eigenvalue weighted by Gasteiger charge is -2.20. The van der Waals surface area contributed by atoms with Crippen molar-refractivity contribution in [1.29, 1.82) is 0 Å². The summed E-state index contributed by atoms with van der Waals surface area (Å²) in [7, 11) is 0. The molecule has 0 amide bonds. The Labute approximate surface area is 135 Å². The maximum absolute atomic E-state index is 12.4. The molecule has 0 fully saturated rings. The lowest BCUT2D eigenvalue weighted by molar-refractivity contribution is -0.131. The Kier molecular flexibility index (Phi) is 4.55. The normalized spacial score (nSPS) is 11.1. The van der Waals surface area contributed by atoms with Crippen LogP contribution in [0.5, 0.6) is 5.75 Å². The number of rotatable bonds is 3. The van der Waals surface area contributed by atoms with E-state index in [9.17, 15) is 9.59 Å². The van der Waals surface area contributed by atoms with Crippen molar-refractivity contribution in [2.24, 2.45) is 0 Å². The van der Waals surface area contributed by atoms with E-state index in [2.05, 4.69) is 6.58 Å². The highest BCUT2D eigenvalue weighted by Crippen LogP contribution is 2.29. The molecule has 0 saturated carbocycles. The van der Waals surface area contributed by atoms with Gasteiger partial charge in [-0.15, -0.1) is 0 Å². The molecular formula is C19H20O4. The highest BCUT2D eigenvalue weighted by atomic mass is 16.6. The van der Waals surface area contributed by atoms with Crippen molar-refractivity contribution in [3.63, 3.8) is 0 Å². The zero-order valence-electron chi connectivity index (χ0n) is 13.8. The van der Waals surface area contributed by atoms with Gasteiger partial charge in [-0.2, -0.15) is 0 Å². The standard InChI is InChI=1S/C19H20O4/c1-6-13-7-8-14-11-17(22-12(2)20)16(10-15(14)9-13)18(21)23-19(3,4)5/h6-11H,1H2,2-5H3. The van der Waals surface area contributed by atoms with Gasteiger partial charge in [-0.1, -0.05) is 24.8 Å². The first-order chi connectivity index (χ1) is 10.7. The molecule has 0 unspecified atom stereocenters. The Morgan fingerprint density at radius 2 is 1.78 bits per heavy atom. The van der Waals surface area contributed by atoms with Crippen LogP contribution in [0.2, 0.25) is 0 Å². The summed E-state index contributed by atoms with van der Waals surface area (Å²) < 4.78 is 10.6. The summed E-state index contributed by atoms with van der Waals surface area (Å²) in [5, 5.41) is 1.71. The Balaban J connectivity index is 2.59. The minimum absolute atomic E-state index is 0.200. The van der Waals surface area contributed by atoms with Crippen LogP contribution < -0.4 is 4.74 Å². The lowest BCUT2D eigenvalue weighted by atomic mass is 10.0. The SMILES string of the molecule is C=Cc1ccc2cc(OC(C)=O)c(C(=O)OC(C)(C)C)cc2c1. The molecule has 0 spiro atoms. The van der Waals surface area contributed by atoms with Crippen LogP contribution in [0.3, 0.4) is 0 Å². The quantitative estimate of drug-likeness (QED) is 0.624. The molecule has 0 heterocycles. The number of carbonyl (C=O) groups is 2. The average Bonchev–Trinajstić information content (AvgIpc) is 2.43. The highest BCUT2D eigenvalue weighted by molar-refractivity contribution is 6.00. The Morgan fingerprint density at radius 1 is 1.09 bits per heavy atom. The van der Waals surface area contributed by atoms with Gasteiger partial charge in [0.15, 0.2) is 0 Å². The van der Waals surface area contributed by atoms with E-state index in [1.165, 1.54) is 6.92 Å². The van der Waals surface area contributed by atoms with Crippen molar-refractivity contribution in [2.45, 2.75) is 33.3 Å². The van der Waals surface area contributed by atoms with Crippen LogP contribution in [0, 0.1) is 0 Å². The second-order valence-electron chi connectivity index (χ2n) is 6.25. The van der Waals surface area contributed by atoms with Gasteiger partial charge in [0.05, 0.1) is 0 Å². The Bertz CT molecular complexity index is 782. The van der Waals surface area contributed by atoms with Crippen molar-refractivity contribution in [3.8, 4) is 5.75 Å². The van der Waals surface area contributed by atoms with Crippen molar-refractivity contribution < 1.29 is 19.1 Å². The van der Waals surface area contributed by atoms with Gasteiger partial charge in [0, 0.05) is 6.92 Å². The van der Waals surface area contributed by atoms with E-state index in [4.69, 9.17) is 9.47 Å². The minimum atomic E-state index is -0.636. The van der Waals surface area contributed by atoms with E-state index in [1.54, 1.807) is 39.0 Å². The summed E-state index contributed by atoms with van der Waals surface area (Å²) in [6.45, 7) is 10.4. The maximum Gasteiger partial charge on any atom is 0.342 e. The van der Waals surface area contributed by atoms with Gasteiger partial charge in [0.25, 0.3) is 0 Å². The number of benzene rings is 2. The second kappa shape index (κ2) is 6.24. The van der Waals surface area contributed by atoms with Crippen LogP contribution in [0.25, 0.3) is 16.8 Å². The third-order valence-electron chi connectivity index (χ3n) is 3.07. The molecule has 0 atom stereocenters. The molecule has 0 radical (unpaired) electrons. The number of esters is 2. The summed E-state index contributed by atoms with van der Waals surface area (Å²) in [4.78, 5) is 23.7. The van der Waals surface area contributed by atoms with Crippen molar-refractivity contribution in [1.82, 2.24) is 0 Å². The topological polar surface area (TPSA) is 52.6 Å². The van der Waals surface area contributed by atoms with Gasteiger partial charge in [-0.3, -0.25) is 4.79 Å². The van der Waals surface area contributed by atoms with Gasteiger partial charge in [0.1, 0.15) is 16.9 Å². The van der Waals surface area contributed by atoms with E-state index in [0.717, 1.165) is 16.3 Å². The molecule has 4 nitrogen and oxygen atoms in total. The molecule has 4 heteroatoms. The van der Waals surface area contributed by atoms with Crippen molar-refractivity contribution >= 4 is 28.8 Å². The molecule has 0 aliphatic heterocycles. The van der Waals surface area contributed by atoms with Gasteiger partial charge in [0.2, 0.25) is 0 Å². The number of hydrogen-bond acceptors (Lipinski definition) is 4. The van der Waals surface area contributed by atoms with Crippen LogP contribution in [-0.4, -0.2) is 17.5 Å². The molecule has 0 aliphatic rings. The van der Waals surface area contributed by atoms with Crippen molar-refractivity contribution in [2.75, 3.05) is 0 Å². The predicted octanol–water partition coefficient (Wildman–Crippen LogP) is 4.36. The molecule has 23 heavy (non-hydrogen) atoms. The van der Waals surface area contributed by atoms with Crippen LogP contribution in [0.1, 0.15) is 43.6 Å². The summed E-state index contributed by atoms with van der Waals surface area (Å²) in [6, 6.07) is 9.05. The molecule has 2 aromatic rings. The summed E-state index contributed by atoms with van der Waals surface area (Å²) in [6.07, 6.45) is 1.73. The van der Waals surface area contributed by atoms with Gasteiger partial charge in [-0.25, -0.2) is 4.79 Å². The predicted molar refractivity (Wildman–Crippen MR) is 90.5 cm³/mol. The first-order valence-corrected chi connectivity index (χ1v) is 7.31. The lowest BCUT2D eigenvalue weighted by Crippen LogP contribution is -2.24. The number of hydrogen-bond donors (Lipinski definition) is 0. The van der Waals surface area contributed by atoms with Crippen LogP contribution in [-0.2, 0) is 9.53 Å². The molecule has 0 saturated heterocycles. The zero-order chi connectivity index (χ0) is 17.2. The zero-order valence-corrected chi connectivity index (χ0v) is 13.8. The Morgan fingerprint density at radius 3 is 2.35 bits per heavy atom. The maximum atomic E-state index is 12.4. The largest absolute Gasteiger partial charge is 0.456 e. The smallest absolute Gasteiger partial charge is 0.342 e. The van der Waals surface area contributed by atoms with E-state index in [0.29, 0.717) is 0 Å². The average molecular weight is 312 g/mol. The van der Waals surface area contributed by atoms with E-state index >= 15 is 0 Å². The van der Waals surface area contributed by atoms with Crippen molar-refractivity contribution in [3.05, 3.63) is 48.0 Å². The molecule has 0 aliphatic carbocycles. The summed E-state index contributed by atoms with van der Waals surface area (Å²) >= 11 is 0. The molecule has 120 valence electrons. The van der Waals surface area contributed by atoms with Gasteiger partial charge < -0.3 is 9.47 Å². The molecule has 2 aromatic carbocycles. The monoisotopic (exact) mass is 312 g/mol. The Hall–Kier alpha value is -2.62.